The lowest BCUT2D eigenvalue weighted by Gasteiger charge is -2.22. The SMILES string of the molecule is CC1(C)c2ccccc2-c2c1ccc1c3ccc(-c4ccc(-c5nc(-c6ccccc6)nc(-c6ccc(-c7ccccn7)cc6)n5)cc4)cc3c3ccccc3c21. The zero-order valence-corrected chi connectivity index (χ0v) is 31.6. The predicted molar refractivity (Wildman–Crippen MR) is 235 cm³/mol. The summed E-state index contributed by atoms with van der Waals surface area (Å²) >= 11 is 0. The second-order valence-electron chi connectivity index (χ2n) is 15.4. The summed E-state index contributed by atoms with van der Waals surface area (Å²) in [5.41, 5.74) is 12.5. The molecule has 0 fully saturated rings. The molecule has 57 heavy (non-hydrogen) atoms. The number of aromatic nitrogens is 4. The molecule has 0 saturated heterocycles. The van der Waals surface area contributed by atoms with Crippen molar-refractivity contribution in [2.45, 2.75) is 19.3 Å². The summed E-state index contributed by atoms with van der Waals surface area (Å²) in [6.45, 7) is 4.71. The average molecular weight is 729 g/mol. The fraction of sp³-hybridized carbons (Fsp3) is 0.0566. The Kier molecular flexibility index (Phi) is 7.48. The smallest absolute Gasteiger partial charge is 0.164 e. The molecule has 4 nitrogen and oxygen atoms in total. The van der Waals surface area contributed by atoms with E-state index in [1.807, 2.05) is 54.7 Å². The monoisotopic (exact) mass is 728 g/mol. The maximum Gasteiger partial charge on any atom is 0.164 e. The lowest BCUT2D eigenvalue weighted by atomic mass is 9.81. The van der Waals surface area contributed by atoms with Gasteiger partial charge in [-0.1, -0.05) is 172 Å². The molecule has 0 unspecified atom stereocenters. The summed E-state index contributed by atoms with van der Waals surface area (Å²) in [4.78, 5) is 19.5. The molecule has 1 aliphatic carbocycles. The van der Waals surface area contributed by atoms with Gasteiger partial charge in [0.15, 0.2) is 17.5 Å². The first-order valence-corrected chi connectivity index (χ1v) is 19.5. The van der Waals surface area contributed by atoms with Gasteiger partial charge in [0, 0.05) is 33.9 Å². The van der Waals surface area contributed by atoms with Gasteiger partial charge < -0.3 is 0 Å². The molecule has 0 amide bonds. The molecular weight excluding hydrogens is 693 g/mol. The molecule has 0 aliphatic heterocycles. The maximum absolute atomic E-state index is 5.02. The van der Waals surface area contributed by atoms with E-state index in [4.69, 9.17) is 15.0 Å². The van der Waals surface area contributed by atoms with Crippen molar-refractivity contribution >= 4 is 32.3 Å². The number of hydrogen-bond donors (Lipinski definition) is 0. The first-order chi connectivity index (χ1) is 28.0. The third-order valence-electron chi connectivity index (χ3n) is 11.8. The Morgan fingerprint density at radius 2 is 0.895 bits per heavy atom. The Morgan fingerprint density at radius 3 is 1.60 bits per heavy atom. The lowest BCUT2D eigenvalue weighted by molar-refractivity contribution is 0.661. The summed E-state index contributed by atoms with van der Waals surface area (Å²) in [5.74, 6) is 1.90. The Balaban J connectivity index is 1.00. The highest BCUT2D eigenvalue weighted by molar-refractivity contribution is 6.29. The lowest BCUT2D eigenvalue weighted by Crippen LogP contribution is -2.14. The normalized spacial score (nSPS) is 12.9. The van der Waals surface area contributed by atoms with Gasteiger partial charge in [-0.2, -0.15) is 0 Å². The molecule has 2 heterocycles. The van der Waals surface area contributed by atoms with Crippen LogP contribution >= 0.6 is 0 Å². The topological polar surface area (TPSA) is 51.6 Å². The molecule has 0 N–H and O–H groups in total. The first-order valence-electron chi connectivity index (χ1n) is 19.5. The van der Waals surface area contributed by atoms with Crippen LogP contribution in [0.4, 0.5) is 0 Å². The molecule has 11 rings (SSSR count). The van der Waals surface area contributed by atoms with Crippen molar-refractivity contribution in [3.8, 4) is 67.7 Å². The number of hydrogen-bond acceptors (Lipinski definition) is 4. The Bertz CT molecular complexity index is 3150. The third-order valence-corrected chi connectivity index (χ3v) is 11.8. The highest BCUT2D eigenvalue weighted by atomic mass is 15.0. The van der Waals surface area contributed by atoms with Gasteiger partial charge >= 0.3 is 0 Å². The Labute approximate surface area is 331 Å². The van der Waals surface area contributed by atoms with Gasteiger partial charge in [-0.3, -0.25) is 4.98 Å². The standard InChI is InChI=1S/C53H36N4/c1-53(2)45-17-9-8-16-43(45)49-46(53)30-29-42-40-28-27-38(32-44(40)39-14-6-7-15-41(39)48(42)49)33-19-23-36(24-20-33)51-55-50(35-12-4-3-5-13-35)56-52(57-51)37-25-21-34(22-26-37)47-18-10-11-31-54-47/h3-32H,1-2H3. The van der Waals surface area contributed by atoms with E-state index in [0.29, 0.717) is 17.5 Å². The minimum atomic E-state index is -0.0514. The first kappa shape index (κ1) is 33.1. The zero-order chi connectivity index (χ0) is 38.1. The molecule has 4 heteroatoms. The predicted octanol–water partition coefficient (Wildman–Crippen LogP) is 13.4. The number of pyridine rings is 1. The molecule has 1 aliphatic rings. The van der Waals surface area contributed by atoms with Crippen molar-refractivity contribution in [3.63, 3.8) is 0 Å². The number of fused-ring (bicyclic) bond motifs is 10. The Hall–Kier alpha value is -7.30. The van der Waals surface area contributed by atoms with Crippen LogP contribution < -0.4 is 0 Å². The Morgan fingerprint density at radius 1 is 0.368 bits per heavy atom. The minimum absolute atomic E-state index is 0.0514. The van der Waals surface area contributed by atoms with Crippen molar-refractivity contribution < 1.29 is 0 Å². The molecule has 0 saturated carbocycles. The second-order valence-corrected chi connectivity index (χ2v) is 15.4. The van der Waals surface area contributed by atoms with E-state index >= 15 is 0 Å². The van der Waals surface area contributed by atoms with Crippen LogP contribution in [0.3, 0.4) is 0 Å². The zero-order valence-electron chi connectivity index (χ0n) is 31.6. The largest absolute Gasteiger partial charge is 0.256 e. The van der Waals surface area contributed by atoms with E-state index in [-0.39, 0.29) is 5.41 Å². The van der Waals surface area contributed by atoms with Gasteiger partial charge in [0.25, 0.3) is 0 Å². The van der Waals surface area contributed by atoms with Crippen LogP contribution in [0.2, 0.25) is 0 Å². The van der Waals surface area contributed by atoms with Crippen molar-refractivity contribution in [1.29, 1.82) is 0 Å². The van der Waals surface area contributed by atoms with Crippen molar-refractivity contribution in [2.24, 2.45) is 0 Å². The van der Waals surface area contributed by atoms with Gasteiger partial charge in [0.05, 0.1) is 5.69 Å². The van der Waals surface area contributed by atoms with Gasteiger partial charge in [-0.05, 0) is 83.9 Å². The van der Waals surface area contributed by atoms with E-state index in [0.717, 1.165) is 33.5 Å². The van der Waals surface area contributed by atoms with E-state index in [9.17, 15) is 0 Å². The van der Waals surface area contributed by atoms with Crippen LogP contribution in [0.15, 0.2) is 182 Å². The maximum atomic E-state index is 5.02. The van der Waals surface area contributed by atoms with Crippen molar-refractivity contribution in [2.75, 3.05) is 0 Å². The summed E-state index contributed by atoms with van der Waals surface area (Å²) in [6.07, 6.45) is 1.81. The summed E-state index contributed by atoms with van der Waals surface area (Å²) < 4.78 is 0. The fourth-order valence-corrected chi connectivity index (χ4v) is 8.90. The molecule has 0 spiro atoms. The quantitative estimate of drug-likeness (QED) is 0.166. The molecule has 0 radical (unpaired) electrons. The van der Waals surface area contributed by atoms with Crippen LogP contribution in [0.1, 0.15) is 25.0 Å². The highest BCUT2D eigenvalue weighted by Crippen LogP contribution is 2.53. The van der Waals surface area contributed by atoms with E-state index in [2.05, 4.69) is 146 Å². The molecule has 0 atom stereocenters. The molecule has 10 aromatic rings. The fourth-order valence-electron chi connectivity index (χ4n) is 8.90. The summed E-state index contributed by atoms with van der Waals surface area (Å²) in [6, 6.07) is 62.4. The van der Waals surface area contributed by atoms with Crippen LogP contribution in [0.5, 0.6) is 0 Å². The molecule has 268 valence electrons. The van der Waals surface area contributed by atoms with Crippen LogP contribution in [0.25, 0.3) is 100.0 Å². The molecule has 8 aromatic carbocycles. The van der Waals surface area contributed by atoms with Crippen LogP contribution in [-0.2, 0) is 5.41 Å². The van der Waals surface area contributed by atoms with Crippen molar-refractivity contribution in [1.82, 2.24) is 19.9 Å². The average Bonchev–Trinajstić information content (AvgIpc) is 3.52. The third kappa shape index (κ3) is 5.37. The number of nitrogens with zero attached hydrogens (tertiary/aromatic N) is 4. The van der Waals surface area contributed by atoms with Gasteiger partial charge in [0.1, 0.15) is 0 Å². The van der Waals surface area contributed by atoms with E-state index in [1.165, 1.54) is 60.1 Å². The van der Waals surface area contributed by atoms with Crippen LogP contribution in [-0.4, -0.2) is 19.9 Å². The summed E-state index contributed by atoms with van der Waals surface area (Å²) in [5, 5.41) is 7.74. The summed E-state index contributed by atoms with van der Waals surface area (Å²) in [7, 11) is 0. The van der Waals surface area contributed by atoms with E-state index < -0.39 is 0 Å². The van der Waals surface area contributed by atoms with E-state index in [1.54, 1.807) is 0 Å². The van der Waals surface area contributed by atoms with Gasteiger partial charge in [-0.15, -0.1) is 0 Å². The number of benzene rings is 8. The molecular formula is C53H36N4. The van der Waals surface area contributed by atoms with Gasteiger partial charge in [-0.25, -0.2) is 15.0 Å². The number of rotatable bonds is 5. The molecule has 2 aromatic heterocycles. The second kappa shape index (κ2) is 12.9. The minimum Gasteiger partial charge on any atom is -0.256 e. The molecule has 0 bridgehead atoms. The van der Waals surface area contributed by atoms with Crippen molar-refractivity contribution in [3.05, 3.63) is 193 Å². The highest BCUT2D eigenvalue weighted by Gasteiger charge is 2.36. The van der Waals surface area contributed by atoms with Gasteiger partial charge in [0.2, 0.25) is 0 Å². The van der Waals surface area contributed by atoms with Crippen LogP contribution in [0, 0.1) is 0 Å².